The predicted molar refractivity (Wildman–Crippen MR) is 59.4 cm³/mol. The fraction of sp³-hybridized carbons (Fsp3) is 0.400. The van der Waals surface area contributed by atoms with E-state index in [-0.39, 0.29) is 21.7 Å². The van der Waals surface area contributed by atoms with E-state index in [1.807, 2.05) is 13.8 Å². The number of ether oxygens (including phenoxy) is 1. The third-order valence-electron chi connectivity index (χ3n) is 1.59. The molecule has 0 aromatic carbocycles. The largest absolute Gasteiger partial charge is 0.462 e. The maximum atomic E-state index is 11.5. The molecule has 1 aromatic heterocycles. The molecule has 0 aliphatic heterocycles. The van der Waals surface area contributed by atoms with Gasteiger partial charge in [-0.25, -0.2) is 9.78 Å². The van der Waals surface area contributed by atoms with Crippen molar-refractivity contribution in [2.45, 2.75) is 13.8 Å². The van der Waals surface area contributed by atoms with Crippen molar-refractivity contribution < 1.29 is 9.53 Å². The number of hydrogen-bond acceptors (Lipinski definition) is 3. The van der Waals surface area contributed by atoms with E-state index < -0.39 is 5.97 Å². The van der Waals surface area contributed by atoms with E-state index in [1.165, 1.54) is 12.3 Å². The van der Waals surface area contributed by atoms with Gasteiger partial charge in [-0.15, -0.1) is 0 Å². The molecule has 0 aliphatic carbocycles. The van der Waals surface area contributed by atoms with E-state index in [0.717, 1.165) is 0 Å². The fourth-order valence-electron chi connectivity index (χ4n) is 0.878. The van der Waals surface area contributed by atoms with Gasteiger partial charge in [0.25, 0.3) is 0 Å². The third-order valence-corrected chi connectivity index (χ3v) is 2.11. The Labute approximate surface area is 98.4 Å². The van der Waals surface area contributed by atoms with Crippen molar-refractivity contribution in [1.29, 1.82) is 0 Å². The highest BCUT2D eigenvalue weighted by atomic mass is 35.5. The van der Waals surface area contributed by atoms with Crippen LogP contribution in [0.5, 0.6) is 0 Å². The van der Waals surface area contributed by atoms with Crippen LogP contribution in [0.1, 0.15) is 24.2 Å². The van der Waals surface area contributed by atoms with Crippen LogP contribution in [0.4, 0.5) is 0 Å². The van der Waals surface area contributed by atoms with Gasteiger partial charge in [0.2, 0.25) is 0 Å². The monoisotopic (exact) mass is 247 g/mol. The highest BCUT2D eigenvalue weighted by Crippen LogP contribution is 2.19. The van der Waals surface area contributed by atoms with Gasteiger partial charge in [0, 0.05) is 6.20 Å². The van der Waals surface area contributed by atoms with Crippen LogP contribution in [0.25, 0.3) is 0 Å². The lowest BCUT2D eigenvalue weighted by Crippen LogP contribution is -2.11. The minimum atomic E-state index is -0.474. The van der Waals surface area contributed by atoms with Crippen molar-refractivity contribution in [3.8, 4) is 0 Å². The van der Waals surface area contributed by atoms with Crippen LogP contribution in [-0.4, -0.2) is 17.6 Å². The molecule has 0 bridgehead atoms. The summed E-state index contributed by atoms with van der Waals surface area (Å²) in [6.45, 7) is 4.27. The lowest BCUT2D eigenvalue weighted by atomic mass is 10.2. The van der Waals surface area contributed by atoms with Crippen molar-refractivity contribution in [3.63, 3.8) is 0 Å². The van der Waals surface area contributed by atoms with Crippen LogP contribution >= 0.6 is 23.2 Å². The molecule has 5 heteroatoms. The van der Waals surface area contributed by atoms with Gasteiger partial charge in [0.05, 0.1) is 17.2 Å². The van der Waals surface area contributed by atoms with E-state index in [2.05, 4.69) is 4.98 Å². The number of rotatable bonds is 3. The van der Waals surface area contributed by atoms with Gasteiger partial charge in [-0.2, -0.15) is 0 Å². The molecular weight excluding hydrogens is 237 g/mol. The van der Waals surface area contributed by atoms with Crippen LogP contribution in [-0.2, 0) is 4.74 Å². The number of esters is 1. The molecule has 0 radical (unpaired) electrons. The summed E-state index contributed by atoms with van der Waals surface area (Å²) in [6.07, 6.45) is 1.31. The summed E-state index contributed by atoms with van der Waals surface area (Å²) in [5.41, 5.74) is 0.238. The molecule has 15 heavy (non-hydrogen) atoms. The zero-order valence-electron chi connectivity index (χ0n) is 8.46. The normalized spacial score (nSPS) is 10.5. The molecule has 0 atom stereocenters. The molecule has 1 rings (SSSR count). The predicted octanol–water partition coefficient (Wildman–Crippen LogP) is 3.20. The van der Waals surface area contributed by atoms with Crippen LogP contribution < -0.4 is 0 Å². The zero-order chi connectivity index (χ0) is 11.4. The van der Waals surface area contributed by atoms with Gasteiger partial charge in [-0.1, -0.05) is 37.0 Å². The first-order valence-corrected chi connectivity index (χ1v) is 5.24. The van der Waals surface area contributed by atoms with Crippen molar-refractivity contribution in [3.05, 3.63) is 28.0 Å². The zero-order valence-corrected chi connectivity index (χ0v) is 9.97. The first-order valence-electron chi connectivity index (χ1n) is 4.49. The third kappa shape index (κ3) is 3.68. The molecule has 0 saturated heterocycles. The lowest BCUT2D eigenvalue weighted by Gasteiger charge is -2.07. The summed E-state index contributed by atoms with van der Waals surface area (Å²) >= 11 is 11.4. The van der Waals surface area contributed by atoms with E-state index in [4.69, 9.17) is 27.9 Å². The molecule has 0 saturated carbocycles. The minimum Gasteiger partial charge on any atom is -0.462 e. The molecule has 1 heterocycles. The van der Waals surface area contributed by atoms with Crippen LogP contribution in [0.3, 0.4) is 0 Å². The number of aromatic nitrogens is 1. The number of carbonyl (C=O) groups excluding carboxylic acids is 1. The fourth-order valence-corrected chi connectivity index (χ4v) is 1.32. The summed E-state index contributed by atoms with van der Waals surface area (Å²) in [5.74, 6) is -0.189. The van der Waals surface area contributed by atoms with Gasteiger partial charge in [0.1, 0.15) is 5.15 Å². The standard InChI is InChI=1S/C10H11Cl2NO2/c1-6(2)5-15-10(14)7-4-13-9(12)3-8(7)11/h3-4,6H,5H2,1-2H3. The quantitative estimate of drug-likeness (QED) is 0.609. The highest BCUT2D eigenvalue weighted by molar-refractivity contribution is 6.35. The Bertz CT molecular complexity index is 366. The molecule has 0 N–H and O–H groups in total. The first-order chi connectivity index (χ1) is 7.00. The SMILES string of the molecule is CC(C)COC(=O)c1cnc(Cl)cc1Cl. The van der Waals surface area contributed by atoms with Crippen LogP contribution in [0.15, 0.2) is 12.3 Å². The molecule has 0 amide bonds. The summed E-state index contributed by atoms with van der Waals surface area (Å²) in [7, 11) is 0. The summed E-state index contributed by atoms with van der Waals surface area (Å²) in [4.78, 5) is 15.3. The van der Waals surface area contributed by atoms with Crippen LogP contribution in [0, 0.1) is 5.92 Å². The summed E-state index contributed by atoms with van der Waals surface area (Å²) in [6, 6.07) is 1.41. The van der Waals surface area contributed by atoms with E-state index >= 15 is 0 Å². The Morgan fingerprint density at radius 2 is 2.20 bits per heavy atom. The number of pyridine rings is 1. The van der Waals surface area contributed by atoms with Crippen molar-refractivity contribution in [2.24, 2.45) is 5.92 Å². The molecule has 0 unspecified atom stereocenters. The minimum absolute atomic E-state index is 0.238. The lowest BCUT2D eigenvalue weighted by molar-refractivity contribution is 0.0458. The van der Waals surface area contributed by atoms with Gasteiger partial charge < -0.3 is 4.74 Å². The second-order valence-corrected chi connectivity index (χ2v) is 4.27. The molecule has 3 nitrogen and oxygen atoms in total. The van der Waals surface area contributed by atoms with Crippen molar-refractivity contribution in [1.82, 2.24) is 4.98 Å². The molecule has 1 aromatic rings. The maximum Gasteiger partial charge on any atom is 0.341 e. The molecule has 0 spiro atoms. The first kappa shape index (κ1) is 12.3. The van der Waals surface area contributed by atoms with E-state index in [9.17, 15) is 4.79 Å². The second-order valence-electron chi connectivity index (χ2n) is 3.48. The maximum absolute atomic E-state index is 11.5. The van der Waals surface area contributed by atoms with Gasteiger partial charge in [0.15, 0.2) is 0 Å². The highest BCUT2D eigenvalue weighted by Gasteiger charge is 2.13. The second kappa shape index (κ2) is 5.33. The van der Waals surface area contributed by atoms with Gasteiger partial charge >= 0.3 is 5.97 Å². The van der Waals surface area contributed by atoms with Crippen molar-refractivity contribution >= 4 is 29.2 Å². The topological polar surface area (TPSA) is 39.2 Å². The number of carbonyl (C=O) groups is 1. The molecule has 82 valence electrons. The molecule has 0 fully saturated rings. The van der Waals surface area contributed by atoms with Crippen molar-refractivity contribution in [2.75, 3.05) is 6.61 Å². The Morgan fingerprint density at radius 3 is 2.73 bits per heavy atom. The average molecular weight is 248 g/mol. The van der Waals surface area contributed by atoms with E-state index in [1.54, 1.807) is 0 Å². The molecule has 0 aliphatic rings. The number of nitrogens with zero attached hydrogens (tertiary/aromatic N) is 1. The smallest absolute Gasteiger partial charge is 0.341 e. The van der Waals surface area contributed by atoms with Crippen LogP contribution in [0.2, 0.25) is 10.2 Å². The number of hydrogen-bond donors (Lipinski definition) is 0. The van der Waals surface area contributed by atoms with Gasteiger partial charge in [-0.3, -0.25) is 0 Å². The summed E-state index contributed by atoms with van der Waals surface area (Å²) < 4.78 is 5.00. The number of halogens is 2. The average Bonchev–Trinajstić information content (AvgIpc) is 2.14. The Balaban J connectivity index is 2.74. The Hall–Kier alpha value is -0.800. The Kier molecular flexibility index (Phi) is 4.36. The van der Waals surface area contributed by atoms with E-state index in [0.29, 0.717) is 6.61 Å². The Morgan fingerprint density at radius 1 is 1.53 bits per heavy atom. The molecular formula is C10H11Cl2NO2. The summed E-state index contributed by atoms with van der Waals surface area (Å²) in [5, 5.41) is 0.504. The van der Waals surface area contributed by atoms with Gasteiger partial charge in [-0.05, 0) is 12.0 Å².